The first-order valence-electron chi connectivity index (χ1n) is 7.93. The molecule has 5 nitrogen and oxygen atoms in total. The van der Waals surface area contributed by atoms with Crippen molar-refractivity contribution in [1.29, 1.82) is 0 Å². The summed E-state index contributed by atoms with van der Waals surface area (Å²) >= 11 is 0. The van der Waals surface area contributed by atoms with Gasteiger partial charge >= 0.3 is 0 Å². The molecule has 0 aliphatic carbocycles. The van der Waals surface area contributed by atoms with E-state index in [1.807, 2.05) is 54.6 Å². The Bertz CT molecular complexity index is 1000. The number of benzene rings is 2. The maximum atomic E-state index is 5.09. The van der Waals surface area contributed by atoms with Gasteiger partial charge in [-0.2, -0.15) is 0 Å². The van der Waals surface area contributed by atoms with Crippen LogP contribution in [0.25, 0.3) is 22.0 Å². The molecule has 4 aromatic rings. The van der Waals surface area contributed by atoms with E-state index in [0.29, 0.717) is 11.7 Å². The van der Waals surface area contributed by atoms with Gasteiger partial charge in [-0.05, 0) is 6.07 Å². The maximum absolute atomic E-state index is 5.09. The second kappa shape index (κ2) is 6.57. The zero-order valence-corrected chi connectivity index (χ0v) is 13.7. The Balaban J connectivity index is 1.78. The second-order valence-electron chi connectivity index (χ2n) is 5.52. The molecule has 25 heavy (non-hydrogen) atoms. The van der Waals surface area contributed by atoms with Crippen LogP contribution in [0, 0.1) is 0 Å². The predicted molar refractivity (Wildman–Crippen MR) is 99.0 cm³/mol. The van der Waals surface area contributed by atoms with Crippen molar-refractivity contribution >= 4 is 22.3 Å². The van der Waals surface area contributed by atoms with E-state index in [0.717, 1.165) is 27.7 Å². The van der Waals surface area contributed by atoms with Crippen molar-refractivity contribution in [3.05, 3.63) is 72.9 Å². The minimum atomic E-state index is 0.570. The minimum absolute atomic E-state index is 0.570. The number of aromatic nitrogens is 3. The second-order valence-corrected chi connectivity index (χ2v) is 5.52. The van der Waals surface area contributed by atoms with E-state index in [4.69, 9.17) is 4.74 Å². The Morgan fingerprint density at radius 2 is 1.56 bits per heavy atom. The molecular weight excluding hydrogens is 312 g/mol. The third-order valence-corrected chi connectivity index (χ3v) is 3.94. The third-order valence-electron chi connectivity index (χ3n) is 3.94. The largest absolute Gasteiger partial charge is 0.481 e. The van der Waals surface area contributed by atoms with Crippen LogP contribution in [0.5, 0.6) is 5.88 Å². The summed E-state index contributed by atoms with van der Waals surface area (Å²) < 4.78 is 5.09. The number of ether oxygens (including phenoxy) is 1. The summed E-state index contributed by atoms with van der Waals surface area (Å²) in [7, 11) is 1.59. The molecule has 0 saturated heterocycles. The Morgan fingerprint density at radius 1 is 0.800 bits per heavy atom. The van der Waals surface area contributed by atoms with Gasteiger partial charge in [-0.1, -0.05) is 54.6 Å². The lowest BCUT2D eigenvalue weighted by molar-refractivity contribution is 0.398. The van der Waals surface area contributed by atoms with E-state index < -0.39 is 0 Å². The third kappa shape index (κ3) is 2.99. The molecule has 122 valence electrons. The fraction of sp³-hybridized carbons (Fsp3) is 0.0500. The molecule has 0 bridgehead atoms. The average Bonchev–Trinajstić information content (AvgIpc) is 2.69. The van der Waals surface area contributed by atoms with Crippen molar-refractivity contribution in [2.75, 3.05) is 12.4 Å². The van der Waals surface area contributed by atoms with Crippen LogP contribution < -0.4 is 10.1 Å². The predicted octanol–water partition coefficient (Wildman–Crippen LogP) is 4.44. The van der Waals surface area contributed by atoms with Gasteiger partial charge < -0.3 is 10.1 Å². The van der Waals surface area contributed by atoms with Crippen LogP contribution in [0.15, 0.2) is 72.9 Å². The van der Waals surface area contributed by atoms with Gasteiger partial charge in [-0.3, -0.25) is 0 Å². The number of nitrogens with one attached hydrogen (secondary N) is 1. The van der Waals surface area contributed by atoms with Gasteiger partial charge in [0, 0.05) is 22.4 Å². The molecule has 5 heteroatoms. The molecule has 0 aliphatic heterocycles. The molecule has 0 radical (unpaired) electrons. The van der Waals surface area contributed by atoms with Crippen LogP contribution >= 0.6 is 0 Å². The molecule has 4 rings (SSSR count). The summed E-state index contributed by atoms with van der Waals surface area (Å²) in [6.45, 7) is 0. The fourth-order valence-electron chi connectivity index (χ4n) is 2.72. The number of pyridine rings is 1. The molecule has 0 fully saturated rings. The lowest BCUT2D eigenvalue weighted by Gasteiger charge is -2.11. The summed E-state index contributed by atoms with van der Waals surface area (Å²) in [6.07, 6.45) is 1.71. The number of fused-ring (bicyclic) bond motifs is 1. The number of hydrogen-bond donors (Lipinski definition) is 1. The highest BCUT2D eigenvalue weighted by Crippen LogP contribution is 2.30. The molecule has 0 aliphatic rings. The lowest BCUT2D eigenvalue weighted by atomic mass is 10.0. The first-order valence-corrected chi connectivity index (χ1v) is 7.93. The topological polar surface area (TPSA) is 59.9 Å². The van der Waals surface area contributed by atoms with Gasteiger partial charge in [0.1, 0.15) is 5.69 Å². The highest BCUT2D eigenvalue weighted by Gasteiger charge is 2.11. The number of anilines is 2. The van der Waals surface area contributed by atoms with E-state index in [9.17, 15) is 0 Å². The number of methoxy groups -OCH3 is 1. The summed E-state index contributed by atoms with van der Waals surface area (Å²) in [4.78, 5) is 4.21. The molecule has 0 atom stereocenters. The van der Waals surface area contributed by atoms with Gasteiger partial charge in [0.25, 0.3) is 0 Å². The van der Waals surface area contributed by atoms with Crippen LogP contribution in [0.3, 0.4) is 0 Å². The van der Waals surface area contributed by atoms with Crippen molar-refractivity contribution in [2.45, 2.75) is 0 Å². The van der Waals surface area contributed by atoms with Crippen LogP contribution in [0.4, 0.5) is 11.5 Å². The lowest BCUT2D eigenvalue weighted by Crippen LogP contribution is -1.99. The average molecular weight is 328 g/mol. The highest BCUT2D eigenvalue weighted by molar-refractivity contribution is 6.00. The number of hydrogen-bond acceptors (Lipinski definition) is 5. The number of rotatable bonds is 4. The Hall–Kier alpha value is -3.47. The van der Waals surface area contributed by atoms with Crippen LogP contribution in [0.2, 0.25) is 0 Å². The van der Waals surface area contributed by atoms with E-state index in [2.05, 4.69) is 26.6 Å². The minimum Gasteiger partial charge on any atom is -0.481 e. The molecule has 2 aromatic heterocycles. The molecule has 0 amide bonds. The Labute approximate surface area is 145 Å². The maximum Gasteiger partial charge on any atom is 0.213 e. The van der Waals surface area contributed by atoms with Gasteiger partial charge in [0.05, 0.1) is 19.0 Å². The SMILES string of the molecule is COc1ccc(Nc2nnc(-c3ccccc3)c3ccccc23)cn1. The summed E-state index contributed by atoms with van der Waals surface area (Å²) in [5, 5.41) is 14.2. The fourth-order valence-corrected chi connectivity index (χ4v) is 2.72. The molecular formula is C20H16N4O. The normalized spacial score (nSPS) is 10.6. The number of nitrogens with zero attached hydrogens (tertiary/aromatic N) is 3. The zero-order valence-electron chi connectivity index (χ0n) is 13.7. The monoisotopic (exact) mass is 328 g/mol. The van der Waals surface area contributed by atoms with Gasteiger partial charge in [0.2, 0.25) is 5.88 Å². The molecule has 0 spiro atoms. The first-order chi connectivity index (χ1) is 12.3. The Kier molecular flexibility index (Phi) is 3.96. The van der Waals surface area contributed by atoms with E-state index in [1.165, 1.54) is 0 Å². The van der Waals surface area contributed by atoms with Crippen LogP contribution in [-0.2, 0) is 0 Å². The zero-order chi connectivity index (χ0) is 17.1. The molecule has 2 heterocycles. The Morgan fingerprint density at radius 3 is 2.28 bits per heavy atom. The summed E-state index contributed by atoms with van der Waals surface area (Å²) in [6, 6.07) is 21.9. The van der Waals surface area contributed by atoms with Crippen molar-refractivity contribution < 1.29 is 4.74 Å². The van der Waals surface area contributed by atoms with E-state index in [1.54, 1.807) is 19.4 Å². The summed E-state index contributed by atoms with van der Waals surface area (Å²) in [5.74, 6) is 1.27. The van der Waals surface area contributed by atoms with Crippen molar-refractivity contribution in [3.63, 3.8) is 0 Å². The highest BCUT2D eigenvalue weighted by atomic mass is 16.5. The quantitative estimate of drug-likeness (QED) is 0.600. The van der Waals surface area contributed by atoms with Crippen molar-refractivity contribution in [1.82, 2.24) is 15.2 Å². The van der Waals surface area contributed by atoms with Gasteiger partial charge in [0.15, 0.2) is 5.82 Å². The van der Waals surface area contributed by atoms with Crippen molar-refractivity contribution in [3.8, 4) is 17.1 Å². The molecule has 0 saturated carbocycles. The smallest absolute Gasteiger partial charge is 0.213 e. The summed E-state index contributed by atoms with van der Waals surface area (Å²) in [5.41, 5.74) is 2.74. The standard InChI is InChI=1S/C20H16N4O/c1-25-18-12-11-15(13-21-18)22-20-17-10-6-5-9-16(17)19(23-24-20)14-7-3-2-4-8-14/h2-13H,1H3,(H,22,24). The van der Waals surface area contributed by atoms with Crippen LogP contribution in [0.1, 0.15) is 0 Å². The van der Waals surface area contributed by atoms with Crippen molar-refractivity contribution in [2.24, 2.45) is 0 Å². The molecule has 2 aromatic carbocycles. The van der Waals surface area contributed by atoms with Gasteiger partial charge in [-0.25, -0.2) is 4.98 Å². The molecule has 0 unspecified atom stereocenters. The molecule has 1 N–H and O–H groups in total. The van der Waals surface area contributed by atoms with Crippen LogP contribution in [-0.4, -0.2) is 22.3 Å². The van der Waals surface area contributed by atoms with E-state index in [-0.39, 0.29) is 0 Å². The van der Waals surface area contributed by atoms with E-state index >= 15 is 0 Å². The van der Waals surface area contributed by atoms with Gasteiger partial charge in [-0.15, -0.1) is 10.2 Å². The first kappa shape index (κ1) is 15.1.